The average Bonchev–Trinajstić information content (AvgIpc) is 2.96. The molecule has 1 saturated carbocycles. The van der Waals surface area contributed by atoms with Gasteiger partial charge in [0.25, 0.3) is 0 Å². The van der Waals surface area contributed by atoms with E-state index in [0.29, 0.717) is 6.54 Å². The molecule has 0 aliphatic heterocycles. The van der Waals surface area contributed by atoms with Gasteiger partial charge in [0.15, 0.2) is 0 Å². The molecule has 2 nitrogen and oxygen atoms in total. The summed E-state index contributed by atoms with van der Waals surface area (Å²) < 4.78 is 5.73. The molecule has 2 N–H and O–H groups in total. The van der Waals surface area contributed by atoms with Crippen molar-refractivity contribution in [3.8, 4) is 17.6 Å². The van der Waals surface area contributed by atoms with Crippen LogP contribution in [0.3, 0.4) is 0 Å². The van der Waals surface area contributed by atoms with Crippen LogP contribution in [0.5, 0.6) is 5.75 Å². The van der Waals surface area contributed by atoms with E-state index in [4.69, 9.17) is 10.5 Å². The zero-order valence-electron chi connectivity index (χ0n) is 11.2. The topological polar surface area (TPSA) is 35.2 Å². The van der Waals surface area contributed by atoms with Crippen LogP contribution in [-0.2, 0) is 0 Å². The first kappa shape index (κ1) is 14.3. The van der Waals surface area contributed by atoms with Crippen LogP contribution < -0.4 is 10.5 Å². The summed E-state index contributed by atoms with van der Waals surface area (Å²) in [6.07, 6.45) is 5.59. The normalized spacial score (nSPS) is 15.0. The predicted molar refractivity (Wildman–Crippen MR) is 82.6 cm³/mol. The molecule has 1 aliphatic rings. The van der Waals surface area contributed by atoms with Crippen molar-refractivity contribution in [1.82, 2.24) is 0 Å². The SMILES string of the molecule is NCC#Cc1ccc(OCCSC2CCCC2)cc1. The molecule has 0 aromatic heterocycles. The van der Waals surface area contributed by atoms with Crippen molar-refractivity contribution >= 4 is 11.8 Å². The number of nitrogens with two attached hydrogens (primary N) is 1. The second-order valence-electron chi connectivity index (χ2n) is 4.66. The molecule has 0 bridgehead atoms. The number of ether oxygens (including phenoxy) is 1. The van der Waals surface area contributed by atoms with Crippen molar-refractivity contribution in [2.45, 2.75) is 30.9 Å². The fraction of sp³-hybridized carbons (Fsp3) is 0.500. The molecule has 0 radical (unpaired) electrons. The van der Waals surface area contributed by atoms with Gasteiger partial charge in [-0.15, -0.1) is 0 Å². The van der Waals surface area contributed by atoms with Gasteiger partial charge in [0.2, 0.25) is 0 Å². The summed E-state index contributed by atoms with van der Waals surface area (Å²) in [6.45, 7) is 1.19. The second-order valence-corrected chi connectivity index (χ2v) is 6.06. The summed E-state index contributed by atoms with van der Waals surface area (Å²) in [5, 5.41) is 0.873. The van der Waals surface area contributed by atoms with Gasteiger partial charge < -0.3 is 10.5 Å². The maximum Gasteiger partial charge on any atom is 0.119 e. The van der Waals surface area contributed by atoms with E-state index in [-0.39, 0.29) is 0 Å². The van der Waals surface area contributed by atoms with E-state index in [0.717, 1.165) is 28.9 Å². The van der Waals surface area contributed by atoms with Crippen LogP contribution in [0.15, 0.2) is 24.3 Å². The summed E-state index contributed by atoms with van der Waals surface area (Å²) in [7, 11) is 0. The second kappa shape index (κ2) is 8.14. The molecule has 1 aromatic carbocycles. The Balaban J connectivity index is 1.67. The molecule has 0 atom stereocenters. The molecule has 1 fully saturated rings. The van der Waals surface area contributed by atoms with E-state index in [1.807, 2.05) is 24.3 Å². The Bertz CT molecular complexity index is 426. The fourth-order valence-corrected chi connectivity index (χ4v) is 3.40. The van der Waals surface area contributed by atoms with Gasteiger partial charge in [0.1, 0.15) is 5.75 Å². The van der Waals surface area contributed by atoms with Gasteiger partial charge in [-0.2, -0.15) is 11.8 Å². The first-order valence-electron chi connectivity index (χ1n) is 6.92. The minimum absolute atomic E-state index is 0.399. The molecule has 1 aromatic rings. The van der Waals surface area contributed by atoms with E-state index in [9.17, 15) is 0 Å². The summed E-state index contributed by atoms with van der Waals surface area (Å²) in [5.74, 6) is 7.85. The number of benzene rings is 1. The van der Waals surface area contributed by atoms with Crippen molar-refractivity contribution in [3.63, 3.8) is 0 Å². The molecule has 3 heteroatoms. The Labute approximate surface area is 120 Å². The number of hydrogen-bond donors (Lipinski definition) is 1. The van der Waals surface area contributed by atoms with Crippen molar-refractivity contribution in [3.05, 3.63) is 29.8 Å². The first-order valence-corrected chi connectivity index (χ1v) is 7.97. The largest absolute Gasteiger partial charge is 0.493 e. The quantitative estimate of drug-likeness (QED) is 0.662. The molecule has 0 heterocycles. The summed E-state index contributed by atoms with van der Waals surface area (Å²) in [4.78, 5) is 0. The van der Waals surface area contributed by atoms with Crippen molar-refractivity contribution in [1.29, 1.82) is 0 Å². The highest BCUT2D eigenvalue weighted by molar-refractivity contribution is 7.99. The van der Waals surface area contributed by atoms with Gasteiger partial charge in [0, 0.05) is 16.6 Å². The molecule has 0 unspecified atom stereocenters. The molecule has 1 aliphatic carbocycles. The monoisotopic (exact) mass is 275 g/mol. The molecule has 19 heavy (non-hydrogen) atoms. The lowest BCUT2D eigenvalue weighted by Gasteiger charge is -2.09. The van der Waals surface area contributed by atoms with Gasteiger partial charge in [-0.05, 0) is 37.1 Å². The van der Waals surface area contributed by atoms with Gasteiger partial charge in [-0.25, -0.2) is 0 Å². The predicted octanol–water partition coefficient (Wildman–Crippen LogP) is 3.05. The Morgan fingerprint density at radius 3 is 2.63 bits per heavy atom. The van der Waals surface area contributed by atoms with Crippen molar-refractivity contribution in [2.24, 2.45) is 5.73 Å². The highest BCUT2D eigenvalue weighted by Crippen LogP contribution is 2.29. The Hall–Kier alpha value is -1.11. The average molecular weight is 275 g/mol. The third kappa shape index (κ3) is 5.18. The zero-order chi connectivity index (χ0) is 13.3. The lowest BCUT2D eigenvalue weighted by atomic mass is 10.2. The minimum Gasteiger partial charge on any atom is -0.493 e. The Kier molecular flexibility index (Phi) is 6.13. The summed E-state index contributed by atoms with van der Waals surface area (Å²) in [6, 6.07) is 7.89. The van der Waals surface area contributed by atoms with E-state index >= 15 is 0 Å². The number of thioether (sulfide) groups is 1. The van der Waals surface area contributed by atoms with Crippen molar-refractivity contribution in [2.75, 3.05) is 18.9 Å². The molecular formula is C16H21NOS. The molecular weight excluding hydrogens is 254 g/mol. The van der Waals surface area contributed by atoms with Crippen molar-refractivity contribution < 1.29 is 4.74 Å². The molecule has 2 rings (SSSR count). The maximum absolute atomic E-state index is 5.73. The standard InChI is InChI=1S/C16H21NOS/c17-11-3-4-14-7-9-15(10-8-14)18-12-13-19-16-5-1-2-6-16/h7-10,16H,1-2,5-6,11-13,17H2. The third-order valence-corrected chi connectivity index (χ3v) is 4.54. The fourth-order valence-electron chi connectivity index (χ4n) is 2.22. The van der Waals surface area contributed by atoms with Crippen LogP contribution >= 0.6 is 11.8 Å². The van der Waals surface area contributed by atoms with Crippen LogP contribution in [0, 0.1) is 11.8 Å². The molecule has 0 amide bonds. The van der Waals surface area contributed by atoms with E-state index < -0.39 is 0 Å². The van der Waals surface area contributed by atoms with Crippen LogP contribution in [-0.4, -0.2) is 24.2 Å². The summed E-state index contributed by atoms with van der Waals surface area (Å²) in [5.41, 5.74) is 6.32. The van der Waals surface area contributed by atoms with E-state index in [2.05, 4.69) is 23.6 Å². The Morgan fingerprint density at radius 2 is 1.95 bits per heavy atom. The highest BCUT2D eigenvalue weighted by Gasteiger charge is 2.14. The van der Waals surface area contributed by atoms with Crippen LogP contribution in [0.1, 0.15) is 31.2 Å². The van der Waals surface area contributed by atoms with Gasteiger partial charge >= 0.3 is 0 Å². The maximum atomic E-state index is 5.73. The molecule has 102 valence electrons. The smallest absolute Gasteiger partial charge is 0.119 e. The van der Waals surface area contributed by atoms with Crippen LogP contribution in [0.4, 0.5) is 0 Å². The first-order chi connectivity index (χ1) is 9.38. The number of hydrogen-bond acceptors (Lipinski definition) is 3. The number of rotatable bonds is 5. The highest BCUT2D eigenvalue weighted by atomic mass is 32.2. The molecule has 0 saturated heterocycles. The lowest BCUT2D eigenvalue weighted by molar-refractivity contribution is 0.344. The molecule has 0 spiro atoms. The van der Waals surface area contributed by atoms with E-state index in [1.165, 1.54) is 25.7 Å². The van der Waals surface area contributed by atoms with Crippen LogP contribution in [0.2, 0.25) is 0 Å². The van der Waals surface area contributed by atoms with Gasteiger partial charge in [-0.3, -0.25) is 0 Å². The van der Waals surface area contributed by atoms with Gasteiger partial charge in [0.05, 0.1) is 13.2 Å². The Morgan fingerprint density at radius 1 is 1.21 bits per heavy atom. The van der Waals surface area contributed by atoms with E-state index in [1.54, 1.807) is 0 Å². The summed E-state index contributed by atoms with van der Waals surface area (Å²) >= 11 is 2.06. The van der Waals surface area contributed by atoms with Gasteiger partial charge in [-0.1, -0.05) is 24.7 Å². The van der Waals surface area contributed by atoms with Crippen LogP contribution in [0.25, 0.3) is 0 Å². The minimum atomic E-state index is 0.399. The lowest BCUT2D eigenvalue weighted by Crippen LogP contribution is -2.04. The zero-order valence-corrected chi connectivity index (χ0v) is 12.0. The third-order valence-electron chi connectivity index (χ3n) is 3.20.